The van der Waals surface area contributed by atoms with Crippen LogP contribution in [-0.4, -0.2) is 39.6 Å². The van der Waals surface area contributed by atoms with Crippen LogP contribution in [-0.2, 0) is 20.8 Å². The van der Waals surface area contributed by atoms with Gasteiger partial charge in [0, 0.05) is 5.69 Å². The van der Waals surface area contributed by atoms with Crippen molar-refractivity contribution in [2.45, 2.75) is 6.61 Å². The number of hydrogen-bond acceptors (Lipinski definition) is 5. The minimum Gasteiger partial charge on any atom is -0.491 e. The molecule has 0 aliphatic rings. The predicted molar refractivity (Wildman–Crippen MR) is 94.1 cm³/mol. The van der Waals surface area contributed by atoms with Gasteiger partial charge in [0.25, 0.3) is 0 Å². The van der Waals surface area contributed by atoms with E-state index in [2.05, 4.69) is 0 Å². The smallest absolute Gasteiger partial charge is 0.119 e. The van der Waals surface area contributed by atoms with E-state index >= 15 is 0 Å². The molecule has 0 aliphatic carbocycles. The van der Waals surface area contributed by atoms with Gasteiger partial charge in [0.2, 0.25) is 0 Å². The summed E-state index contributed by atoms with van der Waals surface area (Å²) in [5.41, 5.74) is 7.50. The van der Waals surface area contributed by atoms with E-state index < -0.39 is 0 Å². The Morgan fingerprint density at radius 3 is 1.88 bits per heavy atom. The van der Waals surface area contributed by atoms with Crippen molar-refractivity contribution in [1.82, 2.24) is 0 Å². The molecule has 0 spiro atoms. The highest BCUT2D eigenvalue weighted by Crippen LogP contribution is 2.12. The van der Waals surface area contributed by atoms with Gasteiger partial charge in [-0.3, -0.25) is 0 Å². The normalized spacial score (nSPS) is 10.7. The third-order valence-corrected chi connectivity index (χ3v) is 3.23. The molecule has 0 saturated carbocycles. The Hall–Kier alpha value is -2.08. The molecule has 0 saturated heterocycles. The first-order valence-corrected chi connectivity index (χ1v) is 8.10. The van der Waals surface area contributed by atoms with Gasteiger partial charge in [0.05, 0.1) is 39.6 Å². The second kappa shape index (κ2) is 11.5. The zero-order valence-corrected chi connectivity index (χ0v) is 13.9. The van der Waals surface area contributed by atoms with Crippen LogP contribution in [0.15, 0.2) is 54.6 Å². The van der Waals surface area contributed by atoms with Crippen molar-refractivity contribution in [3.05, 3.63) is 60.2 Å². The highest BCUT2D eigenvalue weighted by atomic mass is 16.6. The highest BCUT2D eigenvalue weighted by Gasteiger charge is 1.95. The van der Waals surface area contributed by atoms with Crippen molar-refractivity contribution in [2.24, 2.45) is 0 Å². The maximum Gasteiger partial charge on any atom is 0.119 e. The fraction of sp³-hybridized carbons (Fsp3) is 0.368. The van der Waals surface area contributed by atoms with Crippen LogP contribution in [0.3, 0.4) is 0 Å². The summed E-state index contributed by atoms with van der Waals surface area (Å²) in [5.74, 6) is 0.791. The second-order valence-electron chi connectivity index (χ2n) is 5.18. The standard InChI is InChI=1S/C19H25NO4/c20-18-6-8-19(9-7-18)24-15-14-22-11-10-21-12-13-23-16-17-4-2-1-3-5-17/h1-9H,10-16,20H2. The maximum absolute atomic E-state index is 5.61. The lowest BCUT2D eigenvalue weighted by Gasteiger charge is -2.08. The molecule has 0 atom stereocenters. The van der Waals surface area contributed by atoms with E-state index in [1.54, 1.807) is 0 Å². The van der Waals surface area contributed by atoms with Gasteiger partial charge in [-0.15, -0.1) is 0 Å². The third-order valence-electron chi connectivity index (χ3n) is 3.23. The predicted octanol–water partition coefficient (Wildman–Crippen LogP) is 2.90. The van der Waals surface area contributed by atoms with Crippen LogP contribution in [0.1, 0.15) is 5.56 Å². The molecule has 0 aromatic heterocycles. The fourth-order valence-corrected chi connectivity index (χ4v) is 1.99. The Balaban J connectivity index is 1.36. The Morgan fingerprint density at radius 1 is 0.625 bits per heavy atom. The molecule has 5 nitrogen and oxygen atoms in total. The number of benzene rings is 2. The van der Waals surface area contributed by atoms with Gasteiger partial charge >= 0.3 is 0 Å². The second-order valence-corrected chi connectivity index (χ2v) is 5.18. The number of hydrogen-bond donors (Lipinski definition) is 1. The van der Waals surface area contributed by atoms with Crippen molar-refractivity contribution in [3.63, 3.8) is 0 Å². The van der Waals surface area contributed by atoms with E-state index in [0.29, 0.717) is 46.2 Å². The van der Waals surface area contributed by atoms with Crippen molar-refractivity contribution >= 4 is 5.69 Å². The van der Waals surface area contributed by atoms with Gasteiger partial charge in [-0.05, 0) is 29.8 Å². The summed E-state index contributed by atoms with van der Waals surface area (Å²) >= 11 is 0. The Kier molecular flexibility index (Phi) is 8.72. The molecule has 2 rings (SSSR count). The molecule has 0 bridgehead atoms. The first-order valence-electron chi connectivity index (χ1n) is 8.10. The van der Waals surface area contributed by atoms with Gasteiger partial charge < -0.3 is 24.7 Å². The van der Waals surface area contributed by atoms with Crippen molar-refractivity contribution in [3.8, 4) is 5.75 Å². The molecule has 2 N–H and O–H groups in total. The summed E-state index contributed by atoms with van der Waals surface area (Å²) in [6.07, 6.45) is 0. The van der Waals surface area contributed by atoms with Gasteiger partial charge in [-0.1, -0.05) is 30.3 Å². The quantitative estimate of drug-likeness (QED) is 0.479. The van der Waals surface area contributed by atoms with Crippen LogP contribution in [0.2, 0.25) is 0 Å². The van der Waals surface area contributed by atoms with Crippen molar-refractivity contribution in [1.29, 1.82) is 0 Å². The van der Waals surface area contributed by atoms with Gasteiger partial charge in [0.15, 0.2) is 0 Å². The monoisotopic (exact) mass is 331 g/mol. The molecule has 0 fully saturated rings. The number of ether oxygens (including phenoxy) is 4. The summed E-state index contributed by atoms with van der Waals surface area (Å²) in [6, 6.07) is 17.4. The SMILES string of the molecule is Nc1ccc(OCCOCCOCCOCc2ccccc2)cc1. The lowest BCUT2D eigenvalue weighted by Crippen LogP contribution is -2.12. The average molecular weight is 331 g/mol. The zero-order chi connectivity index (χ0) is 16.9. The number of nitrogen functional groups attached to an aromatic ring is 1. The highest BCUT2D eigenvalue weighted by molar-refractivity contribution is 5.41. The number of rotatable bonds is 12. The maximum atomic E-state index is 5.61. The zero-order valence-electron chi connectivity index (χ0n) is 13.9. The summed E-state index contributed by atoms with van der Waals surface area (Å²) in [7, 11) is 0. The summed E-state index contributed by atoms with van der Waals surface area (Å²) in [6.45, 7) is 3.89. The largest absolute Gasteiger partial charge is 0.491 e. The molecule has 0 unspecified atom stereocenters. The lowest BCUT2D eigenvalue weighted by atomic mass is 10.2. The molecule has 0 amide bonds. The van der Waals surface area contributed by atoms with Crippen LogP contribution in [0.4, 0.5) is 5.69 Å². The molecule has 0 aliphatic heterocycles. The molecule has 2 aromatic carbocycles. The van der Waals surface area contributed by atoms with Crippen LogP contribution >= 0.6 is 0 Å². The molecular weight excluding hydrogens is 306 g/mol. The summed E-state index contributed by atoms with van der Waals surface area (Å²) in [5, 5.41) is 0. The van der Waals surface area contributed by atoms with Gasteiger partial charge in [0.1, 0.15) is 12.4 Å². The van der Waals surface area contributed by atoms with Gasteiger partial charge in [-0.2, -0.15) is 0 Å². The summed E-state index contributed by atoms with van der Waals surface area (Å²) in [4.78, 5) is 0. The molecule has 130 valence electrons. The molecule has 0 heterocycles. The van der Waals surface area contributed by atoms with Crippen LogP contribution < -0.4 is 10.5 Å². The van der Waals surface area contributed by atoms with Crippen molar-refractivity contribution in [2.75, 3.05) is 45.4 Å². The molecule has 5 heteroatoms. The molecule has 0 radical (unpaired) electrons. The molecule has 24 heavy (non-hydrogen) atoms. The lowest BCUT2D eigenvalue weighted by molar-refractivity contribution is 0.00597. The van der Waals surface area contributed by atoms with Crippen LogP contribution in [0.5, 0.6) is 5.75 Å². The van der Waals surface area contributed by atoms with Gasteiger partial charge in [-0.25, -0.2) is 0 Å². The Bertz CT molecular complexity index is 545. The van der Waals surface area contributed by atoms with E-state index in [9.17, 15) is 0 Å². The first-order chi connectivity index (χ1) is 11.8. The van der Waals surface area contributed by atoms with Crippen LogP contribution in [0, 0.1) is 0 Å². The topological polar surface area (TPSA) is 62.9 Å². The minimum absolute atomic E-state index is 0.504. The van der Waals surface area contributed by atoms with Crippen molar-refractivity contribution < 1.29 is 18.9 Å². The van der Waals surface area contributed by atoms with E-state index in [4.69, 9.17) is 24.7 Å². The van der Waals surface area contributed by atoms with E-state index in [1.165, 1.54) is 5.56 Å². The Morgan fingerprint density at radius 2 is 1.21 bits per heavy atom. The van der Waals surface area contributed by atoms with Crippen LogP contribution in [0.25, 0.3) is 0 Å². The van der Waals surface area contributed by atoms with E-state index in [1.807, 2.05) is 54.6 Å². The minimum atomic E-state index is 0.504. The average Bonchev–Trinajstić information content (AvgIpc) is 2.62. The number of anilines is 1. The molecule has 2 aromatic rings. The summed E-state index contributed by atoms with van der Waals surface area (Å²) < 4.78 is 21.9. The van der Waals surface area contributed by atoms with E-state index in [0.717, 1.165) is 11.4 Å². The van der Waals surface area contributed by atoms with E-state index in [-0.39, 0.29) is 0 Å². The number of nitrogens with two attached hydrogens (primary N) is 1. The third kappa shape index (κ3) is 7.97. The fourth-order valence-electron chi connectivity index (χ4n) is 1.99. The molecular formula is C19H25NO4. The Labute approximate surface area is 143 Å². The first kappa shape index (κ1) is 18.3.